The molecule has 1 aliphatic rings. The van der Waals surface area contributed by atoms with Gasteiger partial charge in [-0.3, -0.25) is 0 Å². The second-order valence-electron chi connectivity index (χ2n) is 6.61. The van der Waals surface area contributed by atoms with Crippen LogP contribution in [0.2, 0.25) is 0 Å². The molecule has 2 heterocycles. The van der Waals surface area contributed by atoms with E-state index in [9.17, 15) is 28.5 Å². The number of benzene rings is 1. The molecule has 0 unspecified atom stereocenters. The van der Waals surface area contributed by atoms with Crippen molar-refractivity contribution in [1.29, 1.82) is 0 Å². The molecule has 3 rings (SSSR count). The molecule has 10 heteroatoms. The number of aryl methyl sites for hydroxylation is 1. The van der Waals surface area contributed by atoms with Crippen molar-refractivity contribution in [3.63, 3.8) is 0 Å². The van der Waals surface area contributed by atoms with E-state index in [1.54, 1.807) is 17.0 Å². The van der Waals surface area contributed by atoms with Crippen molar-refractivity contribution in [2.45, 2.75) is 25.3 Å². The van der Waals surface area contributed by atoms with Crippen LogP contribution in [0.5, 0.6) is 5.75 Å². The third-order valence-corrected chi connectivity index (χ3v) is 4.51. The zero-order valence-corrected chi connectivity index (χ0v) is 15.0. The predicted octanol–water partition coefficient (Wildman–Crippen LogP) is 1.73. The van der Waals surface area contributed by atoms with Crippen molar-refractivity contribution in [3.05, 3.63) is 35.4 Å². The van der Waals surface area contributed by atoms with E-state index in [-0.39, 0.29) is 30.0 Å². The Morgan fingerprint density at radius 1 is 1.11 bits per heavy atom. The van der Waals surface area contributed by atoms with Gasteiger partial charge in [0.15, 0.2) is 5.82 Å². The van der Waals surface area contributed by atoms with E-state index in [0.29, 0.717) is 25.0 Å². The average Bonchev–Trinajstić information content (AvgIpc) is 2.66. The lowest BCUT2D eigenvalue weighted by molar-refractivity contribution is -0.137. The van der Waals surface area contributed by atoms with Crippen LogP contribution in [0.1, 0.15) is 11.1 Å². The van der Waals surface area contributed by atoms with E-state index in [1.165, 1.54) is 6.92 Å². The van der Waals surface area contributed by atoms with E-state index in [2.05, 4.69) is 10.2 Å². The summed E-state index contributed by atoms with van der Waals surface area (Å²) in [7, 11) is 0. The highest BCUT2D eigenvalue weighted by molar-refractivity contribution is 5.71. The second kappa shape index (κ2) is 7.90. The first-order chi connectivity index (χ1) is 13.2. The predicted molar refractivity (Wildman–Crippen MR) is 93.9 cm³/mol. The summed E-state index contributed by atoms with van der Waals surface area (Å²) in [6.07, 6.45) is -5.51. The summed E-state index contributed by atoms with van der Waals surface area (Å²) in [5.41, 5.74) is -0.302. The number of ether oxygens (including phenoxy) is 1. The molecule has 0 spiro atoms. The summed E-state index contributed by atoms with van der Waals surface area (Å²) < 4.78 is 44.1. The first-order valence-corrected chi connectivity index (χ1v) is 8.60. The number of phenols is 1. The number of phenolic OH excluding ortho intramolecular Hbond substituents is 1. The van der Waals surface area contributed by atoms with Crippen LogP contribution in [0, 0.1) is 6.92 Å². The Morgan fingerprint density at radius 2 is 1.75 bits per heavy atom. The molecule has 0 aliphatic carbocycles. The molecule has 0 radical (unpaired) electrons. The number of nitrogens with zero attached hydrogens (tertiary/aromatic N) is 3. The fourth-order valence-corrected chi connectivity index (χ4v) is 3.21. The Kier molecular flexibility index (Phi) is 5.73. The van der Waals surface area contributed by atoms with Gasteiger partial charge < -0.3 is 25.0 Å². The van der Waals surface area contributed by atoms with Gasteiger partial charge in [0.25, 0.3) is 0 Å². The number of hydrogen-bond donors (Lipinski definition) is 3. The highest BCUT2D eigenvalue weighted by Crippen LogP contribution is 2.38. The molecule has 152 valence electrons. The van der Waals surface area contributed by atoms with E-state index in [4.69, 9.17) is 4.74 Å². The van der Waals surface area contributed by atoms with Crippen LogP contribution in [-0.4, -0.2) is 64.0 Å². The number of aromatic hydroxyl groups is 1. The summed E-state index contributed by atoms with van der Waals surface area (Å²) in [5, 5.41) is 36.9. The van der Waals surface area contributed by atoms with Gasteiger partial charge in [0.05, 0.1) is 36.7 Å². The van der Waals surface area contributed by atoms with E-state index in [0.717, 1.165) is 6.07 Å². The Balaban J connectivity index is 1.87. The number of aliphatic hydroxyl groups is 2. The Bertz CT molecular complexity index is 795. The maximum atomic E-state index is 12.9. The van der Waals surface area contributed by atoms with Crippen molar-refractivity contribution >= 4 is 5.82 Å². The highest BCUT2D eigenvalue weighted by atomic mass is 19.4. The van der Waals surface area contributed by atoms with Crippen LogP contribution >= 0.6 is 0 Å². The van der Waals surface area contributed by atoms with Gasteiger partial charge in [-0.15, -0.1) is 10.2 Å². The van der Waals surface area contributed by atoms with Gasteiger partial charge in [-0.25, -0.2) is 0 Å². The number of morpholine rings is 1. The lowest BCUT2D eigenvalue weighted by atomic mass is 10.0. The molecule has 0 saturated carbocycles. The molecule has 7 nitrogen and oxygen atoms in total. The third kappa shape index (κ3) is 4.18. The minimum absolute atomic E-state index is 0.176. The van der Waals surface area contributed by atoms with Crippen molar-refractivity contribution in [2.24, 2.45) is 0 Å². The summed E-state index contributed by atoms with van der Waals surface area (Å²) in [6.45, 7) is 1.74. The number of halogens is 3. The topological polar surface area (TPSA) is 98.9 Å². The number of anilines is 1. The third-order valence-electron chi connectivity index (χ3n) is 4.51. The summed E-state index contributed by atoms with van der Waals surface area (Å²) in [5.74, 6) is -0.0607. The number of aromatic nitrogens is 2. The Hall–Kier alpha value is -2.43. The zero-order valence-electron chi connectivity index (χ0n) is 15.0. The summed E-state index contributed by atoms with van der Waals surface area (Å²) in [6, 6.07) is 4.78. The van der Waals surface area contributed by atoms with Gasteiger partial charge in [-0.05, 0) is 36.8 Å². The van der Waals surface area contributed by atoms with Crippen LogP contribution in [-0.2, 0) is 10.9 Å². The van der Waals surface area contributed by atoms with Crippen LogP contribution in [0.15, 0.2) is 24.3 Å². The Morgan fingerprint density at radius 3 is 2.21 bits per heavy atom. The molecule has 1 fully saturated rings. The molecule has 3 N–H and O–H groups in total. The number of hydrogen-bond acceptors (Lipinski definition) is 7. The minimum atomic E-state index is -4.56. The van der Waals surface area contributed by atoms with Gasteiger partial charge in [0.2, 0.25) is 0 Å². The largest absolute Gasteiger partial charge is 0.507 e. The molecule has 1 aliphatic heterocycles. The second-order valence-corrected chi connectivity index (χ2v) is 6.61. The maximum absolute atomic E-state index is 12.9. The molecule has 0 bridgehead atoms. The highest BCUT2D eigenvalue weighted by Gasteiger charge is 2.32. The molecule has 1 aromatic heterocycles. The van der Waals surface area contributed by atoms with Gasteiger partial charge in [0, 0.05) is 18.7 Å². The first kappa shape index (κ1) is 20.3. The molecule has 2 aromatic rings. The fraction of sp³-hybridized carbons (Fsp3) is 0.444. The van der Waals surface area contributed by atoms with Gasteiger partial charge in [-0.2, -0.15) is 13.2 Å². The van der Waals surface area contributed by atoms with Crippen molar-refractivity contribution in [2.75, 3.05) is 31.2 Å². The fourth-order valence-electron chi connectivity index (χ4n) is 3.21. The molecule has 1 saturated heterocycles. The quantitative estimate of drug-likeness (QED) is 0.720. The van der Waals surface area contributed by atoms with E-state index >= 15 is 0 Å². The van der Waals surface area contributed by atoms with E-state index < -0.39 is 29.7 Å². The minimum Gasteiger partial charge on any atom is -0.507 e. The average molecular weight is 399 g/mol. The number of alkyl halides is 3. The molecule has 0 amide bonds. The van der Waals surface area contributed by atoms with Crippen LogP contribution in [0.4, 0.5) is 19.0 Å². The lowest BCUT2D eigenvalue weighted by Gasteiger charge is -2.37. The van der Waals surface area contributed by atoms with Crippen molar-refractivity contribution < 1.29 is 33.2 Å². The molecule has 2 atom stereocenters. The normalized spacial score (nSPS) is 20.4. The Labute approximate surface area is 159 Å². The molecule has 1 aromatic carbocycles. The molecule has 28 heavy (non-hydrogen) atoms. The number of aliphatic hydroxyl groups excluding tert-OH is 2. The summed E-state index contributed by atoms with van der Waals surface area (Å²) in [4.78, 5) is 1.79. The van der Waals surface area contributed by atoms with Crippen LogP contribution < -0.4 is 4.90 Å². The van der Waals surface area contributed by atoms with Gasteiger partial charge in [0.1, 0.15) is 5.75 Å². The number of rotatable bonds is 4. The SMILES string of the molecule is Cc1cc(C(F)(F)F)cc(O)c1-c1ccc(N2C[C@@H](CO)O[C@@H](CO)C2)nn1. The van der Waals surface area contributed by atoms with Gasteiger partial charge >= 0.3 is 6.18 Å². The first-order valence-electron chi connectivity index (χ1n) is 8.60. The zero-order chi connectivity index (χ0) is 20.5. The van der Waals surface area contributed by atoms with Crippen LogP contribution in [0.3, 0.4) is 0 Å². The van der Waals surface area contributed by atoms with Crippen molar-refractivity contribution in [3.8, 4) is 17.0 Å². The van der Waals surface area contributed by atoms with Crippen molar-refractivity contribution in [1.82, 2.24) is 10.2 Å². The monoisotopic (exact) mass is 399 g/mol. The molecular weight excluding hydrogens is 379 g/mol. The van der Waals surface area contributed by atoms with Crippen LogP contribution in [0.25, 0.3) is 11.3 Å². The summed E-state index contributed by atoms with van der Waals surface area (Å²) >= 11 is 0. The lowest BCUT2D eigenvalue weighted by Crippen LogP contribution is -2.50. The molecular formula is C18H20F3N3O4. The smallest absolute Gasteiger partial charge is 0.416 e. The standard InChI is InChI=1S/C18H20F3N3O4/c1-10-4-11(18(19,20)21)5-15(27)17(10)14-2-3-16(23-22-14)24-6-12(8-25)28-13(7-24)9-26/h2-5,12-13,25-27H,6-9H2,1H3/t12-,13+. The van der Waals surface area contributed by atoms with Gasteiger partial charge in [-0.1, -0.05) is 0 Å². The van der Waals surface area contributed by atoms with E-state index in [1.807, 2.05) is 0 Å². The maximum Gasteiger partial charge on any atom is 0.416 e.